The summed E-state index contributed by atoms with van der Waals surface area (Å²) in [6.45, 7) is 2.88. The van der Waals surface area contributed by atoms with E-state index in [9.17, 15) is 0 Å². The van der Waals surface area contributed by atoms with Crippen molar-refractivity contribution in [3.05, 3.63) is 12.2 Å². The van der Waals surface area contributed by atoms with Gasteiger partial charge >= 0.3 is 0 Å². The third-order valence-corrected chi connectivity index (χ3v) is 1.56. The maximum absolute atomic E-state index is 8.68. The van der Waals surface area contributed by atoms with Crippen LogP contribution in [0.2, 0.25) is 0 Å². The second-order valence-corrected chi connectivity index (χ2v) is 2.39. The Labute approximate surface area is 55.1 Å². The Kier molecular flexibility index (Phi) is 2.25. The van der Waals surface area contributed by atoms with Gasteiger partial charge in [0.05, 0.1) is 12.7 Å². The second kappa shape index (κ2) is 2.99. The Morgan fingerprint density at radius 1 is 1.89 bits per heavy atom. The topological polar surface area (TPSA) is 29.5 Å². The van der Waals surface area contributed by atoms with Crippen LogP contribution in [0.4, 0.5) is 0 Å². The van der Waals surface area contributed by atoms with Gasteiger partial charge in [-0.3, -0.25) is 0 Å². The summed E-state index contributed by atoms with van der Waals surface area (Å²) in [7, 11) is 0. The summed E-state index contributed by atoms with van der Waals surface area (Å²) in [4.78, 5) is 0. The van der Waals surface area contributed by atoms with Gasteiger partial charge < -0.3 is 9.84 Å². The number of rotatable bonds is 2. The molecule has 2 heteroatoms. The lowest BCUT2D eigenvalue weighted by Gasteiger charge is -2.13. The molecule has 1 aliphatic heterocycles. The summed E-state index contributed by atoms with van der Waals surface area (Å²) in [5, 5.41) is 8.68. The van der Waals surface area contributed by atoms with Gasteiger partial charge in [0, 0.05) is 12.5 Å². The third kappa shape index (κ3) is 1.53. The molecule has 9 heavy (non-hydrogen) atoms. The molecule has 0 fully saturated rings. The highest BCUT2D eigenvalue weighted by Crippen LogP contribution is 2.12. The smallest absolute Gasteiger partial charge is 0.0808 e. The van der Waals surface area contributed by atoms with Gasteiger partial charge in [0.25, 0.3) is 0 Å². The average Bonchev–Trinajstić information content (AvgIpc) is 2.37. The first kappa shape index (κ1) is 6.78. The molecule has 0 aromatic rings. The van der Waals surface area contributed by atoms with Gasteiger partial charge in [-0.25, -0.2) is 0 Å². The normalized spacial score (nSPS) is 28.9. The molecule has 52 valence electrons. The van der Waals surface area contributed by atoms with E-state index in [-0.39, 0.29) is 18.6 Å². The molecule has 1 N–H and O–H groups in total. The molecule has 0 saturated carbocycles. The largest absolute Gasteiger partial charge is 0.396 e. The van der Waals surface area contributed by atoms with Crippen molar-refractivity contribution < 1.29 is 9.84 Å². The fourth-order valence-corrected chi connectivity index (χ4v) is 0.870. The summed E-state index contributed by atoms with van der Waals surface area (Å²) in [5.74, 6) is 0.240. The van der Waals surface area contributed by atoms with Crippen LogP contribution in [0.3, 0.4) is 0 Å². The van der Waals surface area contributed by atoms with Crippen molar-refractivity contribution in [1.29, 1.82) is 0 Å². The van der Waals surface area contributed by atoms with Crippen LogP contribution in [0.25, 0.3) is 0 Å². The fraction of sp³-hybridized carbons (Fsp3) is 0.714. The van der Waals surface area contributed by atoms with Gasteiger partial charge in [-0.15, -0.1) is 0 Å². The summed E-state index contributed by atoms with van der Waals surface area (Å²) in [6.07, 6.45) is 4.13. The molecule has 0 aromatic carbocycles. The van der Waals surface area contributed by atoms with E-state index in [0.717, 1.165) is 0 Å². The molecule has 0 radical (unpaired) electrons. The van der Waals surface area contributed by atoms with Crippen LogP contribution in [-0.4, -0.2) is 24.4 Å². The summed E-state index contributed by atoms with van der Waals surface area (Å²) in [6, 6.07) is 0. The first-order chi connectivity index (χ1) is 4.34. The zero-order chi connectivity index (χ0) is 6.69. The molecule has 2 nitrogen and oxygen atoms in total. The Balaban J connectivity index is 2.33. The molecular formula is C7H12O2. The van der Waals surface area contributed by atoms with E-state index >= 15 is 0 Å². The minimum Gasteiger partial charge on any atom is -0.396 e. The van der Waals surface area contributed by atoms with Crippen molar-refractivity contribution in [2.24, 2.45) is 5.92 Å². The van der Waals surface area contributed by atoms with E-state index in [2.05, 4.69) is 0 Å². The Hall–Kier alpha value is -0.340. The maximum atomic E-state index is 8.68. The van der Waals surface area contributed by atoms with Gasteiger partial charge in [0.1, 0.15) is 0 Å². The van der Waals surface area contributed by atoms with Crippen molar-refractivity contribution in [2.75, 3.05) is 13.2 Å². The fourth-order valence-electron chi connectivity index (χ4n) is 0.870. The van der Waals surface area contributed by atoms with Crippen LogP contribution in [-0.2, 0) is 4.74 Å². The molecule has 0 spiro atoms. The first-order valence-corrected chi connectivity index (χ1v) is 3.23. The van der Waals surface area contributed by atoms with Gasteiger partial charge in [0.15, 0.2) is 0 Å². The first-order valence-electron chi connectivity index (χ1n) is 3.23. The van der Waals surface area contributed by atoms with Crippen LogP contribution in [0.5, 0.6) is 0 Å². The SMILES string of the molecule is C[C@@H](CO)[C@@H]1C=CCO1. The highest BCUT2D eigenvalue weighted by molar-refractivity contribution is 4.97. The quantitative estimate of drug-likeness (QED) is 0.551. The van der Waals surface area contributed by atoms with Crippen molar-refractivity contribution in [3.63, 3.8) is 0 Å². The van der Waals surface area contributed by atoms with Gasteiger partial charge in [-0.05, 0) is 0 Å². The van der Waals surface area contributed by atoms with Crippen molar-refractivity contribution >= 4 is 0 Å². The standard InChI is InChI=1S/C7H12O2/c1-6(5-8)7-3-2-4-9-7/h2-3,6-8H,4-5H2,1H3/t6-,7-/m0/s1. The van der Waals surface area contributed by atoms with E-state index in [1.54, 1.807) is 0 Å². The molecule has 0 unspecified atom stereocenters. The van der Waals surface area contributed by atoms with Crippen LogP contribution >= 0.6 is 0 Å². The predicted molar refractivity (Wildman–Crippen MR) is 35.1 cm³/mol. The zero-order valence-corrected chi connectivity index (χ0v) is 5.58. The lowest BCUT2D eigenvalue weighted by atomic mass is 10.1. The van der Waals surface area contributed by atoms with Crippen molar-refractivity contribution in [2.45, 2.75) is 13.0 Å². The number of ether oxygens (including phenoxy) is 1. The molecule has 1 heterocycles. The number of aliphatic hydroxyl groups excluding tert-OH is 1. The van der Waals surface area contributed by atoms with Crippen LogP contribution < -0.4 is 0 Å². The Morgan fingerprint density at radius 2 is 2.67 bits per heavy atom. The second-order valence-electron chi connectivity index (χ2n) is 2.39. The van der Waals surface area contributed by atoms with E-state index in [0.29, 0.717) is 6.61 Å². The molecule has 0 saturated heterocycles. The Bertz CT molecular complexity index is 109. The molecule has 2 atom stereocenters. The van der Waals surface area contributed by atoms with Gasteiger partial charge in [0.2, 0.25) is 0 Å². The van der Waals surface area contributed by atoms with Gasteiger partial charge in [-0.2, -0.15) is 0 Å². The van der Waals surface area contributed by atoms with Crippen molar-refractivity contribution in [3.8, 4) is 0 Å². The number of hydrogen-bond donors (Lipinski definition) is 1. The lowest BCUT2D eigenvalue weighted by molar-refractivity contribution is 0.0604. The highest BCUT2D eigenvalue weighted by atomic mass is 16.5. The average molecular weight is 128 g/mol. The van der Waals surface area contributed by atoms with Crippen LogP contribution in [0.1, 0.15) is 6.92 Å². The number of hydrogen-bond acceptors (Lipinski definition) is 2. The molecule has 0 amide bonds. The van der Waals surface area contributed by atoms with E-state index in [1.807, 2.05) is 19.1 Å². The van der Waals surface area contributed by atoms with Crippen molar-refractivity contribution in [1.82, 2.24) is 0 Å². The molecule has 0 aromatic heterocycles. The molecule has 0 aliphatic carbocycles. The van der Waals surface area contributed by atoms with Gasteiger partial charge in [-0.1, -0.05) is 19.1 Å². The molecular weight excluding hydrogens is 116 g/mol. The summed E-state index contributed by atoms with van der Waals surface area (Å²) >= 11 is 0. The molecule has 1 aliphatic rings. The Morgan fingerprint density at radius 3 is 3.11 bits per heavy atom. The highest BCUT2D eigenvalue weighted by Gasteiger charge is 2.16. The molecule has 0 bridgehead atoms. The predicted octanol–water partition coefficient (Wildman–Crippen LogP) is 0.570. The monoisotopic (exact) mass is 128 g/mol. The van der Waals surface area contributed by atoms with E-state index in [4.69, 9.17) is 9.84 Å². The summed E-state index contributed by atoms with van der Waals surface area (Å²) < 4.78 is 5.23. The molecule has 1 rings (SSSR count). The zero-order valence-electron chi connectivity index (χ0n) is 5.58. The third-order valence-electron chi connectivity index (χ3n) is 1.56. The number of aliphatic hydroxyl groups is 1. The maximum Gasteiger partial charge on any atom is 0.0808 e. The van der Waals surface area contributed by atoms with E-state index < -0.39 is 0 Å². The van der Waals surface area contributed by atoms with Crippen LogP contribution in [0, 0.1) is 5.92 Å². The summed E-state index contributed by atoms with van der Waals surface area (Å²) in [5.41, 5.74) is 0. The minimum atomic E-state index is 0.148. The van der Waals surface area contributed by atoms with E-state index in [1.165, 1.54) is 0 Å². The lowest BCUT2D eigenvalue weighted by Crippen LogP contribution is -2.19. The van der Waals surface area contributed by atoms with Crippen LogP contribution in [0.15, 0.2) is 12.2 Å². The minimum absolute atomic E-state index is 0.148.